The van der Waals surface area contributed by atoms with Gasteiger partial charge < -0.3 is 10.6 Å². The van der Waals surface area contributed by atoms with E-state index in [0.717, 1.165) is 13.0 Å². The lowest BCUT2D eigenvalue weighted by molar-refractivity contribution is 0.285. The zero-order valence-corrected chi connectivity index (χ0v) is 9.25. The van der Waals surface area contributed by atoms with Crippen molar-refractivity contribution in [2.45, 2.75) is 19.0 Å². The van der Waals surface area contributed by atoms with Gasteiger partial charge >= 0.3 is 0 Å². The minimum atomic E-state index is -0.796. The Bertz CT molecular complexity index is 539. The van der Waals surface area contributed by atoms with Crippen LogP contribution in [-0.4, -0.2) is 38.8 Å². The highest BCUT2D eigenvalue weighted by molar-refractivity contribution is 5.61. The molecule has 0 amide bonds. The fraction of sp³-hybridized carbons (Fsp3) is 0.500. The SMILES string of the molecule is Nc1nccn2c(N3CCCC(F)C3)nnc12. The average molecular weight is 236 g/mol. The lowest BCUT2D eigenvalue weighted by Gasteiger charge is -2.28. The third kappa shape index (κ3) is 1.67. The first kappa shape index (κ1) is 10.2. The molecule has 7 heteroatoms. The molecular weight excluding hydrogens is 223 g/mol. The first-order valence-corrected chi connectivity index (χ1v) is 5.60. The van der Waals surface area contributed by atoms with Gasteiger partial charge in [-0.3, -0.25) is 4.40 Å². The van der Waals surface area contributed by atoms with Crippen molar-refractivity contribution in [3.05, 3.63) is 12.4 Å². The van der Waals surface area contributed by atoms with E-state index in [4.69, 9.17) is 5.73 Å². The molecule has 2 N–H and O–H groups in total. The summed E-state index contributed by atoms with van der Waals surface area (Å²) < 4.78 is 15.1. The van der Waals surface area contributed by atoms with Gasteiger partial charge in [0.25, 0.3) is 0 Å². The number of nitrogens with zero attached hydrogens (tertiary/aromatic N) is 5. The van der Waals surface area contributed by atoms with Crippen molar-refractivity contribution in [2.24, 2.45) is 0 Å². The number of nitrogens with two attached hydrogens (primary N) is 1. The zero-order valence-electron chi connectivity index (χ0n) is 9.25. The van der Waals surface area contributed by atoms with Crippen LogP contribution in [0.15, 0.2) is 12.4 Å². The van der Waals surface area contributed by atoms with E-state index in [0.29, 0.717) is 30.4 Å². The minimum absolute atomic E-state index is 0.333. The summed E-state index contributed by atoms with van der Waals surface area (Å²) in [7, 11) is 0. The molecule has 1 unspecified atom stereocenters. The number of hydrogen-bond acceptors (Lipinski definition) is 5. The van der Waals surface area contributed by atoms with Gasteiger partial charge in [-0.15, -0.1) is 10.2 Å². The molecule has 0 radical (unpaired) electrons. The molecule has 0 aliphatic carbocycles. The van der Waals surface area contributed by atoms with E-state index < -0.39 is 6.17 Å². The van der Waals surface area contributed by atoms with Gasteiger partial charge in [-0.1, -0.05) is 0 Å². The Hall–Kier alpha value is -1.92. The molecule has 1 aliphatic rings. The number of nitrogen functional groups attached to an aromatic ring is 1. The Morgan fingerprint density at radius 1 is 1.41 bits per heavy atom. The Morgan fingerprint density at radius 2 is 2.29 bits per heavy atom. The predicted molar refractivity (Wildman–Crippen MR) is 61.5 cm³/mol. The number of anilines is 2. The van der Waals surface area contributed by atoms with E-state index in [1.165, 1.54) is 0 Å². The molecule has 0 aromatic carbocycles. The first-order valence-electron chi connectivity index (χ1n) is 5.60. The van der Waals surface area contributed by atoms with Crippen LogP contribution in [0.2, 0.25) is 0 Å². The molecule has 2 aromatic rings. The average Bonchev–Trinajstić information content (AvgIpc) is 2.74. The van der Waals surface area contributed by atoms with Crippen molar-refractivity contribution >= 4 is 17.4 Å². The monoisotopic (exact) mass is 236 g/mol. The normalized spacial score (nSPS) is 21.0. The number of fused-ring (bicyclic) bond motifs is 1. The molecule has 1 aliphatic heterocycles. The zero-order chi connectivity index (χ0) is 11.8. The predicted octanol–water partition coefficient (Wildman–Crippen LogP) is 0.645. The number of aromatic nitrogens is 4. The van der Waals surface area contributed by atoms with E-state index in [9.17, 15) is 4.39 Å². The highest BCUT2D eigenvalue weighted by atomic mass is 19.1. The Kier molecular flexibility index (Phi) is 2.31. The second kappa shape index (κ2) is 3.83. The molecule has 6 nitrogen and oxygen atoms in total. The molecule has 3 rings (SSSR count). The maximum atomic E-state index is 13.4. The maximum absolute atomic E-state index is 13.4. The van der Waals surface area contributed by atoms with Crippen LogP contribution in [0.4, 0.5) is 16.2 Å². The Balaban J connectivity index is 2.02. The maximum Gasteiger partial charge on any atom is 0.231 e. The summed E-state index contributed by atoms with van der Waals surface area (Å²) in [4.78, 5) is 5.84. The van der Waals surface area contributed by atoms with Gasteiger partial charge in [0.1, 0.15) is 6.17 Å². The van der Waals surface area contributed by atoms with Crippen LogP contribution in [0.3, 0.4) is 0 Å². The van der Waals surface area contributed by atoms with Gasteiger partial charge in [0, 0.05) is 18.9 Å². The van der Waals surface area contributed by atoms with Crippen LogP contribution in [0, 0.1) is 0 Å². The van der Waals surface area contributed by atoms with Gasteiger partial charge in [-0.2, -0.15) is 0 Å². The summed E-state index contributed by atoms with van der Waals surface area (Å²) >= 11 is 0. The van der Waals surface area contributed by atoms with E-state index in [1.807, 2.05) is 4.90 Å². The van der Waals surface area contributed by atoms with E-state index in [-0.39, 0.29) is 0 Å². The Labute approximate surface area is 97.3 Å². The second-order valence-corrected chi connectivity index (χ2v) is 4.19. The van der Waals surface area contributed by atoms with Crippen LogP contribution in [0.1, 0.15) is 12.8 Å². The number of piperidine rings is 1. The van der Waals surface area contributed by atoms with Crippen LogP contribution in [0.5, 0.6) is 0 Å². The van der Waals surface area contributed by atoms with Crippen LogP contribution in [-0.2, 0) is 0 Å². The standard InChI is InChI=1S/C10H13FN6/c11-7-2-1-4-16(6-7)10-15-14-9-8(12)13-3-5-17(9)10/h3,5,7H,1-2,4,6H2,(H2,12,13). The molecule has 17 heavy (non-hydrogen) atoms. The van der Waals surface area contributed by atoms with Gasteiger partial charge in [0.2, 0.25) is 11.6 Å². The number of hydrogen-bond donors (Lipinski definition) is 1. The van der Waals surface area contributed by atoms with Crippen LogP contribution >= 0.6 is 0 Å². The van der Waals surface area contributed by atoms with Crippen LogP contribution in [0.25, 0.3) is 5.65 Å². The van der Waals surface area contributed by atoms with Gasteiger partial charge in [0.15, 0.2) is 5.82 Å². The summed E-state index contributed by atoms with van der Waals surface area (Å²) in [5.41, 5.74) is 6.22. The summed E-state index contributed by atoms with van der Waals surface area (Å²) in [6, 6.07) is 0. The fourth-order valence-corrected chi connectivity index (χ4v) is 2.16. The highest BCUT2D eigenvalue weighted by Gasteiger charge is 2.23. The quantitative estimate of drug-likeness (QED) is 0.786. The third-order valence-corrected chi connectivity index (χ3v) is 2.98. The number of alkyl halides is 1. The molecule has 2 aromatic heterocycles. The molecule has 1 atom stereocenters. The highest BCUT2D eigenvalue weighted by Crippen LogP contribution is 2.21. The molecule has 1 fully saturated rings. The molecule has 0 saturated carbocycles. The van der Waals surface area contributed by atoms with Crippen molar-refractivity contribution in [2.75, 3.05) is 23.7 Å². The largest absolute Gasteiger partial charge is 0.381 e. The van der Waals surface area contributed by atoms with Crippen molar-refractivity contribution in [1.82, 2.24) is 19.6 Å². The van der Waals surface area contributed by atoms with Crippen molar-refractivity contribution in [1.29, 1.82) is 0 Å². The molecule has 3 heterocycles. The lowest BCUT2D eigenvalue weighted by Crippen LogP contribution is -2.37. The summed E-state index contributed by atoms with van der Waals surface area (Å²) in [5, 5.41) is 8.05. The van der Waals surface area contributed by atoms with E-state index in [1.54, 1.807) is 16.8 Å². The number of halogens is 1. The first-order chi connectivity index (χ1) is 8.25. The van der Waals surface area contributed by atoms with E-state index >= 15 is 0 Å². The molecule has 0 spiro atoms. The van der Waals surface area contributed by atoms with Crippen molar-refractivity contribution < 1.29 is 4.39 Å². The third-order valence-electron chi connectivity index (χ3n) is 2.98. The lowest BCUT2D eigenvalue weighted by atomic mass is 10.1. The molecule has 0 bridgehead atoms. The van der Waals surface area contributed by atoms with E-state index in [2.05, 4.69) is 15.2 Å². The van der Waals surface area contributed by atoms with Crippen molar-refractivity contribution in [3.8, 4) is 0 Å². The number of rotatable bonds is 1. The van der Waals surface area contributed by atoms with Crippen LogP contribution < -0.4 is 10.6 Å². The summed E-state index contributed by atoms with van der Waals surface area (Å²) in [6.07, 6.45) is 3.98. The van der Waals surface area contributed by atoms with Gasteiger partial charge in [-0.25, -0.2) is 9.37 Å². The van der Waals surface area contributed by atoms with Gasteiger partial charge in [0.05, 0.1) is 6.54 Å². The Morgan fingerprint density at radius 3 is 3.12 bits per heavy atom. The van der Waals surface area contributed by atoms with Gasteiger partial charge in [-0.05, 0) is 12.8 Å². The summed E-state index contributed by atoms with van der Waals surface area (Å²) in [6.45, 7) is 1.16. The topological polar surface area (TPSA) is 72.3 Å². The fourth-order valence-electron chi connectivity index (χ4n) is 2.16. The second-order valence-electron chi connectivity index (χ2n) is 4.19. The minimum Gasteiger partial charge on any atom is -0.381 e. The smallest absolute Gasteiger partial charge is 0.231 e. The molecule has 90 valence electrons. The van der Waals surface area contributed by atoms with Crippen molar-refractivity contribution in [3.63, 3.8) is 0 Å². The molecular formula is C10H13FN6. The summed E-state index contributed by atoms with van der Waals surface area (Å²) in [5.74, 6) is 0.969. The molecule has 1 saturated heterocycles.